The summed E-state index contributed by atoms with van der Waals surface area (Å²) in [6, 6.07) is 8.13. The molecule has 0 aliphatic carbocycles. The molecule has 1 fully saturated rings. The third kappa shape index (κ3) is 6.92. The van der Waals surface area contributed by atoms with Crippen molar-refractivity contribution >= 4 is 29.2 Å². The lowest BCUT2D eigenvalue weighted by molar-refractivity contribution is -0.127. The molecule has 8 heteroatoms. The molecule has 1 aromatic rings. The van der Waals surface area contributed by atoms with Crippen LogP contribution in [0, 0.1) is 0 Å². The molecule has 1 aliphatic heterocycles. The number of benzene rings is 1. The summed E-state index contributed by atoms with van der Waals surface area (Å²) in [5.74, 6) is 0.595. The molecule has 0 saturated carbocycles. The van der Waals surface area contributed by atoms with E-state index in [0.717, 1.165) is 36.6 Å². The number of likely N-dealkylation sites (N-methyl/N-ethyl adjacent to an activating group) is 1. The number of nitrogens with zero attached hydrogens (tertiary/aromatic N) is 3. The van der Waals surface area contributed by atoms with Crippen molar-refractivity contribution in [3.63, 3.8) is 0 Å². The molecule has 7 nitrogen and oxygen atoms in total. The predicted molar refractivity (Wildman–Crippen MR) is 111 cm³/mol. The second kappa shape index (κ2) is 11.0. The Morgan fingerprint density at radius 1 is 1.41 bits per heavy atom. The molecular formula is C19H30ClN5O2. The number of hydrogen-bond donors (Lipinski definition) is 2. The number of para-hydroxylation sites is 1. The number of carbonyl (C=O) groups excluding carboxylic acids is 1. The van der Waals surface area contributed by atoms with Crippen LogP contribution in [0.4, 0.5) is 5.69 Å². The predicted octanol–water partition coefficient (Wildman–Crippen LogP) is 1.58. The average molecular weight is 396 g/mol. The highest BCUT2D eigenvalue weighted by atomic mass is 35.5. The highest BCUT2D eigenvalue weighted by molar-refractivity contribution is 6.33. The highest BCUT2D eigenvalue weighted by Crippen LogP contribution is 2.27. The van der Waals surface area contributed by atoms with Crippen molar-refractivity contribution in [2.45, 2.75) is 18.9 Å². The maximum Gasteiger partial charge on any atom is 0.243 e. The number of piperidine rings is 1. The van der Waals surface area contributed by atoms with Crippen molar-refractivity contribution < 1.29 is 9.53 Å². The number of nitrogens with one attached hydrogen (secondary N) is 2. The molecule has 1 saturated heterocycles. The zero-order valence-electron chi connectivity index (χ0n) is 16.4. The van der Waals surface area contributed by atoms with Gasteiger partial charge in [-0.2, -0.15) is 0 Å². The Hall–Kier alpha value is -1.99. The van der Waals surface area contributed by atoms with E-state index < -0.39 is 0 Å². The van der Waals surface area contributed by atoms with E-state index in [1.807, 2.05) is 24.3 Å². The van der Waals surface area contributed by atoms with Crippen LogP contribution in [0.3, 0.4) is 0 Å². The third-order valence-electron chi connectivity index (χ3n) is 4.43. The number of ether oxygens (including phenoxy) is 1. The van der Waals surface area contributed by atoms with Gasteiger partial charge in [-0.15, -0.1) is 0 Å². The zero-order chi connectivity index (χ0) is 19.6. The summed E-state index contributed by atoms with van der Waals surface area (Å²) >= 11 is 6.36. The van der Waals surface area contributed by atoms with Crippen LogP contribution in [0.5, 0.6) is 0 Å². The molecule has 0 radical (unpaired) electrons. The van der Waals surface area contributed by atoms with Crippen LogP contribution < -0.4 is 15.5 Å². The SMILES string of the molecule is COCCNC(=NCC(=O)N(C)C)NC1CCCN(c2ccccc2Cl)C1. The van der Waals surface area contributed by atoms with Gasteiger partial charge in [0, 0.05) is 46.9 Å². The average Bonchev–Trinajstić information content (AvgIpc) is 2.66. The standard InChI is InChI=1S/C19H30ClN5O2/c1-24(2)18(26)13-22-19(21-10-12-27-3)23-15-7-6-11-25(14-15)17-9-5-4-8-16(17)20/h4-5,8-9,15H,6-7,10-14H2,1-3H3,(H2,21,22,23). The fourth-order valence-electron chi connectivity index (χ4n) is 2.93. The van der Waals surface area contributed by atoms with Crippen LogP contribution in [0.15, 0.2) is 29.3 Å². The van der Waals surface area contributed by atoms with E-state index in [2.05, 4.69) is 20.5 Å². The van der Waals surface area contributed by atoms with E-state index in [4.69, 9.17) is 16.3 Å². The number of methoxy groups -OCH3 is 1. The molecule has 27 heavy (non-hydrogen) atoms. The van der Waals surface area contributed by atoms with Gasteiger partial charge in [-0.1, -0.05) is 23.7 Å². The number of rotatable bonds is 7. The normalized spacial score (nSPS) is 17.6. The van der Waals surface area contributed by atoms with Gasteiger partial charge in [0.2, 0.25) is 5.91 Å². The molecule has 1 amide bonds. The van der Waals surface area contributed by atoms with Gasteiger partial charge < -0.3 is 25.2 Å². The Bertz CT molecular complexity index is 638. The topological polar surface area (TPSA) is 69.2 Å². The van der Waals surface area contributed by atoms with Gasteiger partial charge >= 0.3 is 0 Å². The number of hydrogen-bond acceptors (Lipinski definition) is 4. The fraction of sp³-hybridized carbons (Fsp3) is 0.579. The van der Waals surface area contributed by atoms with Crippen LogP contribution >= 0.6 is 11.6 Å². The van der Waals surface area contributed by atoms with E-state index in [1.54, 1.807) is 21.2 Å². The van der Waals surface area contributed by atoms with Crippen molar-refractivity contribution in [1.82, 2.24) is 15.5 Å². The summed E-state index contributed by atoms with van der Waals surface area (Å²) in [5, 5.41) is 7.45. The van der Waals surface area contributed by atoms with Gasteiger partial charge in [-0.25, -0.2) is 4.99 Å². The number of carbonyl (C=O) groups is 1. The Morgan fingerprint density at radius 2 is 2.19 bits per heavy atom. The second-order valence-corrected chi connectivity index (χ2v) is 7.16. The summed E-state index contributed by atoms with van der Waals surface area (Å²) in [7, 11) is 5.11. The smallest absolute Gasteiger partial charge is 0.243 e. The van der Waals surface area contributed by atoms with Crippen LogP contribution in [0.25, 0.3) is 0 Å². The minimum Gasteiger partial charge on any atom is -0.383 e. The lowest BCUT2D eigenvalue weighted by atomic mass is 10.0. The molecule has 0 bridgehead atoms. The van der Waals surface area contributed by atoms with Crippen molar-refractivity contribution in [2.24, 2.45) is 4.99 Å². The maximum atomic E-state index is 11.9. The van der Waals surface area contributed by atoms with Gasteiger partial charge in [0.1, 0.15) is 6.54 Å². The first-order chi connectivity index (χ1) is 13.0. The summed E-state index contributed by atoms with van der Waals surface area (Å²) in [5.41, 5.74) is 1.05. The number of halogens is 1. The van der Waals surface area contributed by atoms with Gasteiger partial charge in [-0.05, 0) is 25.0 Å². The monoisotopic (exact) mass is 395 g/mol. The number of anilines is 1. The van der Waals surface area contributed by atoms with Gasteiger partial charge in [0.25, 0.3) is 0 Å². The van der Waals surface area contributed by atoms with Gasteiger partial charge in [0.15, 0.2) is 5.96 Å². The molecule has 0 aromatic heterocycles. The highest BCUT2D eigenvalue weighted by Gasteiger charge is 2.22. The largest absolute Gasteiger partial charge is 0.383 e. The summed E-state index contributed by atoms with van der Waals surface area (Å²) < 4.78 is 5.09. The van der Waals surface area contributed by atoms with Crippen molar-refractivity contribution in [3.05, 3.63) is 29.3 Å². The fourth-order valence-corrected chi connectivity index (χ4v) is 3.18. The van der Waals surface area contributed by atoms with Crippen LogP contribution in [-0.2, 0) is 9.53 Å². The molecular weight excluding hydrogens is 366 g/mol. The van der Waals surface area contributed by atoms with E-state index in [-0.39, 0.29) is 18.5 Å². The molecule has 150 valence electrons. The Morgan fingerprint density at radius 3 is 2.89 bits per heavy atom. The summed E-state index contributed by atoms with van der Waals surface area (Å²) in [6.45, 7) is 3.11. The molecule has 2 rings (SSSR count). The van der Waals surface area contributed by atoms with E-state index in [0.29, 0.717) is 19.1 Å². The Labute approximate surface area is 166 Å². The molecule has 1 atom stereocenters. The van der Waals surface area contributed by atoms with Crippen LogP contribution in [0.2, 0.25) is 5.02 Å². The van der Waals surface area contributed by atoms with Gasteiger partial charge in [-0.3, -0.25) is 4.79 Å². The number of amides is 1. The van der Waals surface area contributed by atoms with E-state index >= 15 is 0 Å². The zero-order valence-corrected chi connectivity index (χ0v) is 17.1. The Kier molecular flexibility index (Phi) is 8.67. The number of aliphatic imine (C=N–C) groups is 1. The van der Waals surface area contributed by atoms with Crippen molar-refractivity contribution in [2.75, 3.05) is 58.9 Å². The minimum atomic E-state index is -0.0378. The van der Waals surface area contributed by atoms with E-state index in [1.165, 1.54) is 4.90 Å². The maximum absolute atomic E-state index is 11.9. The first-order valence-corrected chi connectivity index (χ1v) is 9.62. The molecule has 1 unspecified atom stereocenters. The van der Waals surface area contributed by atoms with Gasteiger partial charge in [0.05, 0.1) is 17.3 Å². The minimum absolute atomic E-state index is 0.0378. The second-order valence-electron chi connectivity index (χ2n) is 6.75. The Balaban J connectivity index is 2.00. The summed E-state index contributed by atoms with van der Waals surface area (Å²) in [6.07, 6.45) is 2.10. The van der Waals surface area contributed by atoms with Crippen molar-refractivity contribution in [1.29, 1.82) is 0 Å². The van der Waals surface area contributed by atoms with Crippen molar-refractivity contribution in [3.8, 4) is 0 Å². The summed E-state index contributed by atoms with van der Waals surface area (Å²) in [4.78, 5) is 20.1. The third-order valence-corrected chi connectivity index (χ3v) is 4.74. The molecule has 0 spiro atoms. The first-order valence-electron chi connectivity index (χ1n) is 9.24. The van der Waals surface area contributed by atoms with E-state index in [9.17, 15) is 4.79 Å². The van der Waals surface area contributed by atoms with Crippen LogP contribution in [0.1, 0.15) is 12.8 Å². The van der Waals surface area contributed by atoms with Crippen LogP contribution in [-0.4, -0.2) is 76.8 Å². The number of guanidine groups is 1. The lowest BCUT2D eigenvalue weighted by Gasteiger charge is -2.35. The molecule has 1 aromatic carbocycles. The molecule has 1 aliphatic rings. The lowest BCUT2D eigenvalue weighted by Crippen LogP contribution is -2.52. The molecule has 2 N–H and O–H groups in total. The first kappa shape index (κ1) is 21.3. The quantitative estimate of drug-likeness (QED) is 0.417. The molecule has 1 heterocycles.